The number of nitrogens with zero attached hydrogens (tertiary/aromatic N) is 1. The normalized spacial score (nSPS) is 18.9. The molecular weight excluding hydrogens is 234 g/mol. The van der Waals surface area contributed by atoms with E-state index in [1.165, 1.54) is 7.11 Å². The SMILES string of the molecule is COC(=O)C(C)=CCN1CCC(OCCO)CC1. The molecule has 0 saturated carbocycles. The summed E-state index contributed by atoms with van der Waals surface area (Å²) in [5, 5.41) is 8.68. The van der Waals surface area contributed by atoms with Crippen LogP contribution >= 0.6 is 0 Å². The van der Waals surface area contributed by atoms with Gasteiger partial charge in [-0.1, -0.05) is 6.08 Å². The van der Waals surface area contributed by atoms with Gasteiger partial charge in [0.15, 0.2) is 0 Å². The molecule has 104 valence electrons. The van der Waals surface area contributed by atoms with Crippen molar-refractivity contribution in [2.75, 3.05) is 40.0 Å². The molecule has 0 spiro atoms. The van der Waals surface area contributed by atoms with E-state index in [0.717, 1.165) is 32.5 Å². The first-order valence-corrected chi connectivity index (χ1v) is 6.37. The Bertz CT molecular complexity index is 283. The largest absolute Gasteiger partial charge is 0.466 e. The molecule has 5 nitrogen and oxygen atoms in total. The fraction of sp³-hybridized carbons (Fsp3) is 0.769. The van der Waals surface area contributed by atoms with Crippen LogP contribution < -0.4 is 0 Å². The quantitative estimate of drug-likeness (QED) is 0.557. The van der Waals surface area contributed by atoms with Gasteiger partial charge in [-0.25, -0.2) is 4.79 Å². The number of hydrogen-bond acceptors (Lipinski definition) is 5. The zero-order chi connectivity index (χ0) is 13.4. The highest BCUT2D eigenvalue weighted by Crippen LogP contribution is 2.13. The smallest absolute Gasteiger partial charge is 0.333 e. The van der Waals surface area contributed by atoms with Crippen LogP contribution in [0.2, 0.25) is 0 Å². The Balaban J connectivity index is 2.25. The van der Waals surface area contributed by atoms with Gasteiger partial charge in [-0.05, 0) is 19.8 Å². The van der Waals surface area contributed by atoms with Crippen LogP contribution in [-0.4, -0.2) is 62.0 Å². The lowest BCUT2D eigenvalue weighted by Gasteiger charge is -2.31. The minimum absolute atomic E-state index is 0.0846. The summed E-state index contributed by atoms with van der Waals surface area (Å²) in [6.07, 6.45) is 4.12. The van der Waals surface area contributed by atoms with Gasteiger partial charge in [0.25, 0.3) is 0 Å². The Morgan fingerprint density at radius 3 is 2.67 bits per heavy atom. The van der Waals surface area contributed by atoms with Gasteiger partial charge in [-0.2, -0.15) is 0 Å². The Morgan fingerprint density at radius 1 is 1.44 bits per heavy atom. The van der Waals surface area contributed by atoms with Gasteiger partial charge in [-0.15, -0.1) is 0 Å². The number of piperidine rings is 1. The molecule has 0 unspecified atom stereocenters. The molecule has 1 saturated heterocycles. The van der Waals surface area contributed by atoms with E-state index in [-0.39, 0.29) is 18.7 Å². The maximum Gasteiger partial charge on any atom is 0.333 e. The summed E-state index contributed by atoms with van der Waals surface area (Å²) < 4.78 is 10.1. The second kappa shape index (κ2) is 8.24. The summed E-state index contributed by atoms with van der Waals surface area (Å²) in [4.78, 5) is 13.5. The third-order valence-corrected chi connectivity index (χ3v) is 3.14. The maximum absolute atomic E-state index is 11.2. The van der Waals surface area contributed by atoms with Crippen LogP contribution in [0.25, 0.3) is 0 Å². The second-order valence-corrected chi connectivity index (χ2v) is 4.47. The molecule has 0 bridgehead atoms. The minimum atomic E-state index is -0.267. The first-order valence-electron chi connectivity index (χ1n) is 6.37. The lowest BCUT2D eigenvalue weighted by atomic mass is 10.1. The standard InChI is InChI=1S/C13H23NO4/c1-11(13(16)17-2)3-6-14-7-4-12(5-8-14)18-10-9-15/h3,12,15H,4-10H2,1-2H3. The molecule has 0 aliphatic carbocycles. The number of aliphatic hydroxyl groups excluding tert-OH is 1. The molecule has 0 amide bonds. The first kappa shape index (κ1) is 15.1. The molecule has 1 aliphatic rings. The van der Waals surface area contributed by atoms with Crippen molar-refractivity contribution >= 4 is 5.97 Å². The molecule has 18 heavy (non-hydrogen) atoms. The van der Waals surface area contributed by atoms with Crippen molar-refractivity contribution in [1.82, 2.24) is 4.90 Å². The molecule has 1 rings (SSSR count). The third kappa shape index (κ3) is 5.16. The number of rotatable bonds is 6. The van der Waals surface area contributed by atoms with Crippen LogP contribution in [0, 0.1) is 0 Å². The summed E-state index contributed by atoms with van der Waals surface area (Å²) in [5.41, 5.74) is 0.649. The Hall–Kier alpha value is -0.910. The topological polar surface area (TPSA) is 59.0 Å². The van der Waals surface area contributed by atoms with Gasteiger partial charge < -0.3 is 14.6 Å². The number of ether oxygens (including phenoxy) is 2. The highest BCUT2D eigenvalue weighted by atomic mass is 16.5. The molecule has 0 aromatic heterocycles. The molecule has 1 aliphatic heterocycles. The first-order chi connectivity index (χ1) is 8.67. The maximum atomic E-state index is 11.2. The van der Waals surface area contributed by atoms with E-state index in [0.29, 0.717) is 12.2 Å². The molecule has 0 atom stereocenters. The van der Waals surface area contributed by atoms with Gasteiger partial charge in [0.1, 0.15) is 0 Å². The number of carbonyl (C=O) groups is 1. The molecule has 1 heterocycles. The average Bonchev–Trinajstić information content (AvgIpc) is 2.42. The summed E-state index contributed by atoms with van der Waals surface area (Å²) in [6.45, 7) is 4.96. The fourth-order valence-electron chi connectivity index (χ4n) is 1.99. The summed E-state index contributed by atoms with van der Waals surface area (Å²) in [7, 11) is 1.39. The van der Waals surface area contributed by atoms with Crippen molar-refractivity contribution in [2.24, 2.45) is 0 Å². The number of methoxy groups -OCH3 is 1. The Labute approximate surface area is 108 Å². The van der Waals surface area contributed by atoms with E-state index < -0.39 is 0 Å². The van der Waals surface area contributed by atoms with E-state index in [9.17, 15) is 4.79 Å². The minimum Gasteiger partial charge on any atom is -0.466 e. The Morgan fingerprint density at radius 2 is 2.11 bits per heavy atom. The average molecular weight is 257 g/mol. The van der Waals surface area contributed by atoms with Crippen molar-refractivity contribution in [3.8, 4) is 0 Å². The Kier molecular flexibility index (Phi) is 6.93. The van der Waals surface area contributed by atoms with Crippen molar-refractivity contribution in [1.29, 1.82) is 0 Å². The van der Waals surface area contributed by atoms with Gasteiger partial charge in [0, 0.05) is 25.2 Å². The van der Waals surface area contributed by atoms with Crippen LogP contribution in [0.15, 0.2) is 11.6 Å². The summed E-state index contributed by atoms with van der Waals surface area (Å²) in [6, 6.07) is 0. The molecule has 0 radical (unpaired) electrons. The predicted molar refractivity (Wildman–Crippen MR) is 68.3 cm³/mol. The van der Waals surface area contributed by atoms with Crippen LogP contribution in [0.1, 0.15) is 19.8 Å². The van der Waals surface area contributed by atoms with Gasteiger partial charge in [-0.3, -0.25) is 4.90 Å². The fourth-order valence-corrected chi connectivity index (χ4v) is 1.99. The van der Waals surface area contributed by atoms with E-state index in [1.807, 2.05) is 6.08 Å². The molecule has 5 heteroatoms. The van der Waals surface area contributed by atoms with Gasteiger partial charge in [0.05, 0.1) is 26.4 Å². The van der Waals surface area contributed by atoms with Gasteiger partial charge >= 0.3 is 5.97 Å². The monoisotopic (exact) mass is 257 g/mol. The number of carbonyl (C=O) groups excluding carboxylic acids is 1. The van der Waals surface area contributed by atoms with Crippen molar-refractivity contribution in [3.63, 3.8) is 0 Å². The van der Waals surface area contributed by atoms with Crippen molar-refractivity contribution < 1.29 is 19.4 Å². The summed E-state index contributed by atoms with van der Waals surface area (Å²) in [5.74, 6) is -0.267. The highest BCUT2D eigenvalue weighted by molar-refractivity contribution is 5.87. The van der Waals surface area contributed by atoms with Crippen LogP contribution in [-0.2, 0) is 14.3 Å². The number of hydrogen-bond donors (Lipinski definition) is 1. The van der Waals surface area contributed by atoms with E-state index in [4.69, 9.17) is 9.84 Å². The molecule has 1 N–H and O–H groups in total. The lowest BCUT2D eigenvalue weighted by molar-refractivity contribution is -0.136. The molecular formula is C13H23NO4. The number of aliphatic hydroxyl groups is 1. The molecule has 0 aromatic carbocycles. The van der Waals surface area contributed by atoms with E-state index in [1.54, 1.807) is 6.92 Å². The van der Waals surface area contributed by atoms with Gasteiger partial charge in [0.2, 0.25) is 0 Å². The van der Waals surface area contributed by atoms with Crippen LogP contribution in [0.3, 0.4) is 0 Å². The second-order valence-electron chi connectivity index (χ2n) is 4.47. The zero-order valence-electron chi connectivity index (χ0n) is 11.2. The highest BCUT2D eigenvalue weighted by Gasteiger charge is 2.18. The van der Waals surface area contributed by atoms with Crippen molar-refractivity contribution in [2.45, 2.75) is 25.9 Å². The third-order valence-electron chi connectivity index (χ3n) is 3.14. The predicted octanol–water partition coefficient (Wildman–Crippen LogP) is 0.579. The number of likely N-dealkylation sites (tertiary alicyclic amines) is 1. The van der Waals surface area contributed by atoms with Crippen LogP contribution in [0.4, 0.5) is 0 Å². The summed E-state index contributed by atoms with van der Waals surface area (Å²) >= 11 is 0. The van der Waals surface area contributed by atoms with E-state index in [2.05, 4.69) is 9.64 Å². The van der Waals surface area contributed by atoms with Crippen molar-refractivity contribution in [3.05, 3.63) is 11.6 Å². The zero-order valence-corrected chi connectivity index (χ0v) is 11.2. The van der Waals surface area contributed by atoms with E-state index >= 15 is 0 Å². The molecule has 0 aromatic rings. The lowest BCUT2D eigenvalue weighted by Crippen LogP contribution is -2.37. The van der Waals surface area contributed by atoms with Crippen LogP contribution in [0.5, 0.6) is 0 Å². The molecule has 1 fully saturated rings. The number of esters is 1.